The molecule has 0 radical (unpaired) electrons. The van der Waals surface area contributed by atoms with Crippen LogP contribution in [0.3, 0.4) is 0 Å². The van der Waals surface area contributed by atoms with E-state index < -0.39 is 12.6 Å². The van der Waals surface area contributed by atoms with Gasteiger partial charge in [0, 0.05) is 24.2 Å². The van der Waals surface area contributed by atoms with Crippen LogP contribution in [0.2, 0.25) is 0 Å². The maximum atomic E-state index is 13.9. The average Bonchev–Trinajstić information content (AvgIpc) is 2.90. The van der Waals surface area contributed by atoms with E-state index in [4.69, 9.17) is 9.94 Å². The van der Waals surface area contributed by atoms with Gasteiger partial charge in [0.05, 0.1) is 11.0 Å². The maximum Gasteiger partial charge on any atom is 0.344 e. The van der Waals surface area contributed by atoms with E-state index in [1.54, 1.807) is 0 Å². The van der Waals surface area contributed by atoms with E-state index >= 15 is 0 Å². The number of carboxylic acid groups (broad SMARTS) is 1. The van der Waals surface area contributed by atoms with E-state index in [1.165, 1.54) is 44.9 Å². The van der Waals surface area contributed by atoms with Gasteiger partial charge in [-0.15, -0.1) is 0 Å². The van der Waals surface area contributed by atoms with E-state index in [-0.39, 0.29) is 23.0 Å². The Balaban J connectivity index is 1.34. The molecule has 1 aromatic carbocycles. The van der Waals surface area contributed by atoms with Gasteiger partial charge in [0.15, 0.2) is 5.69 Å². The second kappa shape index (κ2) is 10.5. The first-order valence-corrected chi connectivity index (χ1v) is 14.1. The smallest absolute Gasteiger partial charge is 0.344 e. The number of hydrogen-bond acceptors (Lipinski definition) is 7. The zero-order valence-corrected chi connectivity index (χ0v) is 21.7. The lowest BCUT2D eigenvalue weighted by molar-refractivity contribution is -0.142. The summed E-state index contributed by atoms with van der Waals surface area (Å²) in [5.74, 6) is 0.550. The third kappa shape index (κ3) is 4.71. The molecule has 1 N–H and O–H groups in total. The fraction of sp³-hybridized carbons (Fsp3) is 0.621. The predicted octanol–water partition coefficient (Wildman–Crippen LogP) is 4.25. The van der Waals surface area contributed by atoms with Crippen molar-refractivity contribution in [3.63, 3.8) is 0 Å². The number of aromatic nitrogens is 2. The minimum absolute atomic E-state index is 0.00340. The second-order valence-corrected chi connectivity index (χ2v) is 11.7. The molecule has 0 spiro atoms. The van der Waals surface area contributed by atoms with Crippen LogP contribution in [0.15, 0.2) is 34.2 Å². The maximum absolute atomic E-state index is 13.9. The highest BCUT2D eigenvalue weighted by Crippen LogP contribution is 2.47. The van der Waals surface area contributed by atoms with Gasteiger partial charge < -0.3 is 14.5 Å². The number of para-hydroxylation sites is 2. The number of nitriles is 1. The Morgan fingerprint density at radius 1 is 1.00 bits per heavy atom. The molecule has 2 unspecified atom stereocenters. The molecule has 1 aromatic heterocycles. The lowest BCUT2D eigenvalue weighted by Crippen LogP contribution is -2.58. The molecule has 4 bridgehead atoms. The standard InChI is InChI=1S/C29H35N5O4/c30-16-25(32-38-17-27(35)36)28-29(37)34(26-10-2-1-9-24(26)31-28)23-14-20-7-4-8-21(15-23)33(20)22-12-18-5-3-6-19(11-18)13-22/h1-2,9-10,18-23H,3-8,11-15,17H2,(H,35,36)/b32-25+/t18-,19+,20-,21+,22?,23?. The van der Waals surface area contributed by atoms with Crippen LogP contribution in [0.5, 0.6) is 0 Å². The summed E-state index contributed by atoms with van der Waals surface area (Å²) in [5.41, 5.74) is 0.600. The average molecular weight is 518 g/mol. The first kappa shape index (κ1) is 25.1. The minimum atomic E-state index is -1.21. The molecule has 6 atom stereocenters. The third-order valence-electron chi connectivity index (χ3n) is 9.36. The van der Waals surface area contributed by atoms with Crippen molar-refractivity contribution in [3.05, 3.63) is 40.3 Å². The molecule has 2 saturated heterocycles. The summed E-state index contributed by atoms with van der Waals surface area (Å²) in [7, 11) is 0. The molecule has 4 fully saturated rings. The van der Waals surface area contributed by atoms with Gasteiger partial charge in [-0.25, -0.2) is 9.78 Å². The summed E-state index contributed by atoms with van der Waals surface area (Å²) in [4.78, 5) is 36.9. The van der Waals surface area contributed by atoms with Crippen LogP contribution < -0.4 is 5.56 Å². The summed E-state index contributed by atoms with van der Waals surface area (Å²) in [6, 6.07) is 11.0. The lowest BCUT2D eigenvalue weighted by Gasteiger charge is -2.55. The Labute approximate surface area is 222 Å². The van der Waals surface area contributed by atoms with E-state index in [0.29, 0.717) is 23.6 Å². The van der Waals surface area contributed by atoms with E-state index in [9.17, 15) is 14.9 Å². The molecule has 2 saturated carbocycles. The predicted molar refractivity (Wildman–Crippen MR) is 142 cm³/mol. The van der Waals surface area contributed by atoms with Crippen molar-refractivity contribution in [2.45, 2.75) is 94.8 Å². The number of rotatable bonds is 6. The SMILES string of the molecule is N#C/C(=N\OCC(=O)O)c1nc2ccccc2n(C2C[C@H]3CCC[C@@H](C2)N3C2C[C@H]3CCC[C@@H](C2)C3)c1=O. The Morgan fingerprint density at radius 2 is 1.68 bits per heavy atom. The quantitative estimate of drug-likeness (QED) is 0.449. The molecule has 4 aliphatic rings. The van der Waals surface area contributed by atoms with Gasteiger partial charge in [-0.1, -0.05) is 43.0 Å². The summed E-state index contributed by atoms with van der Waals surface area (Å²) < 4.78 is 1.83. The number of aliphatic carboxylic acids is 1. The molecule has 9 heteroatoms. The Bertz CT molecular complexity index is 1320. The van der Waals surface area contributed by atoms with Gasteiger partial charge in [0.25, 0.3) is 5.56 Å². The van der Waals surface area contributed by atoms with E-state index in [0.717, 1.165) is 43.0 Å². The second-order valence-electron chi connectivity index (χ2n) is 11.7. The summed E-state index contributed by atoms with van der Waals surface area (Å²) in [6.45, 7) is -0.697. The molecule has 38 heavy (non-hydrogen) atoms. The van der Waals surface area contributed by atoms with Crippen LogP contribution in [0.25, 0.3) is 11.0 Å². The van der Waals surface area contributed by atoms with Gasteiger partial charge >= 0.3 is 5.97 Å². The van der Waals surface area contributed by atoms with Gasteiger partial charge in [-0.3, -0.25) is 9.69 Å². The highest BCUT2D eigenvalue weighted by atomic mass is 16.6. The monoisotopic (exact) mass is 517 g/mol. The molecular weight excluding hydrogens is 482 g/mol. The lowest BCUT2D eigenvalue weighted by atomic mass is 9.68. The van der Waals surface area contributed by atoms with Gasteiger partial charge in [0.2, 0.25) is 12.3 Å². The minimum Gasteiger partial charge on any atom is -0.479 e. The van der Waals surface area contributed by atoms with E-state index in [2.05, 4.69) is 15.0 Å². The first-order chi connectivity index (χ1) is 18.5. The Hall–Kier alpha value is -3.25. The van der Waals surface area contributed by atoms with Crippen molar-refractivity contribution in [2.24, 2.45) is 17.0 Å². The molecule has 0 amide bonds. The van der Waals surface area contributed by atoms with Crippen LogP contribution in [0.4, 0.5) is 0 Å². The topological polar surface area (TPSA) is 121 Å². The fourth-order valence-electron chi connectivity index (χ4n) is 8.08. The third-order valence-corrected chi connectivity index (χ3v) is 9.36. The molecule has 9 nitrogen and oxygen atoms in total. The molecule has 2 aliphatic carbocycles. The number of benzene rings is 1. The Kier molecular flexibility index (Phi) is 6.91. The number of carboxylic acids is 1. The van der Waals surface area contributed by atoms with Crippen molar-refractivity contribution in [1.82, 2.24) is 14.5 Å². The zero-order valence-electron chi connectivity index (χ0n) is 21.7. The highest BCUT2D eigenvalue weighted by molar-refractivity contribution is 6.10. The first-order valence-electron chi connectivity index (χ1n) is 14.1. The number of fused-ring (bicyclic) bond motifs is 5. The summed E-state index contributed by atoms with van der Waals surface area (Å²) in [5, 5.41) is 22.2. The molecular formula is C29H35N5O4. The summed E-state index contributed by atoms with van der Waals surface area (Å²) in [6.07, 6.45) is 13.6. The largest absolute Gasteiger partial charge is 0.479 e. The zero-order chi connectivity index (χ0) is 26.2. The summed E-state index contributed by atoms with van der Waals surface area (Å²) >= 11 is 0. The van der Waals surface area contributed by atoms with Crippen LogP contribution in [-0.4, -0.2) is 56.0 Å². The van der Waals surface area contributed by atoms with Crippen molar-refractivity contribution in [1.29, 1.82) is 5.26 Å². The van der Waals surface area contributed by atoms with Gasteiger partial charge in [-0.05, 0) is 68.9 Å². The van der Waals surface area contributed by atoms with Crippen LogP contribution >= 0.6 is 0 Å². The number of hydrogen-bond donors (Lipinski definition) is 1. The number of oxime groups is 1. The normalized spacial score (nSPS) is 31.5. The molecule has 6 rings (SSSR count). The highest BCUT2D eigenvalue weighted by Gasteiger charge is 2.45. The van der Waals surface area contributed by atoms with Crippen molar-refractivity contribution in [3.8, 4) is 6.07 Å². The van der Waals surface area contributed by atoms with Gasteiger partial charge in [-0.2, -0.15) is 5.26 Å². The number of piperidine rings is 2. The molecule has 3 heterocycles. The van der Waals surface area contributed by atoms with Crippen LogP contribution in [0, 0.1) is 23.2 Å². The van der Waals surface area contributed by atoms with Gasteiger partial charge in [0.1, 0.15) is 6.07 Å². The molecule has 200 valence electrons. The molecule has 2 aliphatic heterocycles. The van der Waals surface area contributed by atoms with Crippen molar-refractivity contribution in [2.75, 3.05) is 6.61 Å². The van der Waals surface area contributed by atoms with Crippen LogP contribution in [-0.2, 0) is 9.63 Å². The van der Waals surface area contributed by atoms with Crippen LogP contribution in [0.1, 0.15) is 82.4 Å². The number of carbonyl (C=O) groups is 1. The Morgan fingerprint density at radius 3 is 2.37 bits per heavy atom. The van der Waals surface area contributed by atoms with E-state index in [1.807, 2.05) is 34.9 Å². The van der Waals surface area contributed by atoms with Crippen molar-refractivity contribution < 1.29 is 14.7 Å². The fourth-order valence-corrected chi connectivity index (χ4v) is 8.08. The van der Waals surface area contributed by atoms with Crippen molar-refractivity contribution >= 4 is 22.7 Å². The molecule has 2 aromatic rings. The number of nitrogens with zero attached hydrogens (tertiary/aromatic N) is 5.